The number of aryl methyl sites for hydroxylation is 2. The first-order valence-corrected chi connectivity index (χ1v) is 10.7. The summed E-state index contributed by atoms with van der Waals surface area (Å²) in [5.74, 6) is 3.06. The largest absolute Gasteiger partial charge is 0.497 e. The highest BCUT2D eigenvalue weighted by molar-refractivity contribution is 5.99. The quantitative estimate of drug-likeness (QED) is 0.417. The summed E-state index contributed by atoms with van der Waals surface area (Å²) >= 11 is 0. The van der Waals surface area contributed by atoms with Crippen molar-refractivity contribution >= 4 is 16.7 Å². The second kappa shape index (κ2) is 9.32. The van der Waals surface area contributed by atoms with Gasteiger partial charge in [0.2, 0.25) is 0 Å². The predicted molar refractivity (Wildman–Crippen MR) is 130 cm³/mol. The van der Waals surface area contributed by atoms with E-state index in [1.807, 2.05) is 50.2 Å². The lowest BCUT2D eigenvalue weighted by Crippen LogP contribution is -2.06. The molecular formula is C26H28N4O3. The molecule has 33 heavy (non-hydrogen) atoms. The lowest BCUT2D eigenvalue weighted by Gasteiger charge is -2.16. The van der Waals surface area contributed by atoms with E-state index in [9.17, 15) is 0 Å². The van der Waals surface area contributed by atoms with E-state index < -0.39 is 0 Å². The molecule has 0 aliphatic carbocycles. The van der Waals surface area contributed by atoms with Crippen LogP contribution in [-0.4, -0.2) is 36.3 Å². The molecule has 0 aliphatic rings. The maximum Gasteiger partial charge on any atom is 0.137 e. The van der Waals surface area contributed by atoms with E-state index in [2.05, 4.69) is 22.2 Å². The number of methoxy groups -OCH3 is 3. The molecule has 7 nitrogen and oxygen atoms in total. The Hall–Kier alpha value is -3.87. The molecule has 0 amide bonds. The number of pyridine rings is 1. The van der Waals surface area contributed by atoms with Gasteiger partial charge in [0, 0.05) is 40.4 Å². The Morgan fingerprint density at radius 3 is 2.36 bits per heavy atom. The highest BCUT2D eigenvalue weighted by Crippen LogP contribution is 2.37. The van der Waals surface area contributed by atoms with E-state index in [4.69, 9.17) is 19.2 Å². The maximum absolute atomic E-state index is 5.56. The Balaban J connectivity index is 1.79. The van der Waals surface area contributed by atoms with Gasteiger partial charge < -0.3 is 19.5 Å². The highest BCUT2D eigenvalue weighted by atomic mass is 16.5. The molecule has 0 bridgehead atoms. The van der Waals surface area contributed by atoms with Crippen LogP contribution >= 0.6 is 0 Å². The first kappa shape index (κ1) is 22.3. The van der Waals surface area contributed by atoms with Gasteiger partial charge in [-0.15, -0.1) is 0 Å². The molecule has 0 atom stereocenters. The minimum atomic E-state index is 0.535. The molecule has 0 saturated carbocycles. The summed E-state index contributed by atoms with van der Waals surface area (Å²) in [6, 6.07) is 11.8. The summed E-state index contributed by atoms with van der Waals surface area (Å²) in [4.78, 5) is 14.0. The van der Waals surface area contributed by atoms with Crippen LogP contribution in [0.1, 0.15) is 22.4 Å². The summed E-state index contributed by atoms with van der Waals surface area (Å²) < 4.78 is 16.4. The third-order valence-electron chi connectivity index (χ3n) is 5.77. The van der Waals surface area contributed by atoms with Gasteiger partial charge >= 0.3 is 0 Å². The molecule has 0 radical (unpaired) electrons. The van der Waals surface area contributed by atoms with E-state index in [0.717, 1.165) is 67.6 Å². The molecule has 1 N–H and O–H groups in total. The van der Waals surface area contributed by atoms with Crippen molar-refractivity contribution in [3.8, 4) is 28.5 Å². The zero-order valence-electron chi connectivity index (χ0n) is 19.8. The van der Waals surface area contributed by atoms with Gasteiger partial charge in [-0.05, 0) is 50.6 Å². The third-order valence-corrected chi connectivity index (χ3v) is 5.77. The topological polar surface area (TPSA) is 78.4 Å². The molecule has 170 valence electrons. The second-order valence-electron chi connectivity index (χ2n) is 7.85. The summed E-state index contributed by atoms with van der Waals surface area (Å²) in [6.07, 6.45) is 1.57. The van der Waals surface area contributed by atoms with Gasteiger partial charge in [0.1, 0.15) is 34.9 Å². The smallest absolute Gasteiger partial charge is 0.137 e. The van der Waals surface area contributed by atoms with Gasteiger partial charge in [0.05, 0.1) is 27.0 Å². The molecular weight excluding hydrogens is 416 g/mol. The average Bonchev–Trinajstić information content (AvgIpc) is 2.82. The van der Waals surface area contributed by atoms with Gasteiger partial charge in [-0.25, -0.2) is 9.97 Å². The third kappa shape index (κ3) is 4.26. The van der Waals surface area contributed by atoms with Crippen molar-refractivity contribution in [1.29, 1.82) is 0 Å². The number of benzene rings is 2. The van der Waals surface area contributed by atoms with Crippen LogP contribution in [0.25, 0.3) is 22.2 Å². The van der Waals surface area contributed by atoms with Crippen LogP contribution in [-0.2, 0) is 6.54 Å². The number of anilines is 1. The van der Waals surface area contributed by atoms with Crippen molar-refractivity contribution in [3.63, 3.8) is 0 Å². The molecule has 4 aromatic rings. The molecule has 0 spiro atoms. The average molecular weight is 445 g/mol. The first-order valence-electron chi connectivity index (χ1n) is 10.7. The molecule has 0 saturated heterocycles. The molecule has 7 heteroatoms. The van der Waals surface area contributed by atoms with Crippen molar-refractivity contribution in [3.05, 3.63) is 65.1 Å². The summed E-state index contributed by atoms with van der Waals surface area (Å²) in [5.41, 5.74) is 6.68. The normalized spacial score (nSPS) is 10.8. The van der Waals surface area contributed by atoms with E-state index in [1.54, 1.807) is 27.7 Å². The Bertz CT molecular complexity index is 1320. The monoisotopic (exact) mass is 444 g/mol. The lowest BCUT2D eigenvalue weighted by molar-refractivity contribution is 0.391. The molecule has 2 aromatic carbocycles. The van der Waals surface area contributed by atoms with Gasteiger partial charge in [-0.2, -0.15) is 0 Å². The SMILES string of the molecule is COc1ccc(CNc2ncnc3c(-c4c(C)ccc(OC)c4C)nc(C)cc23)c(OC)c1. The summed E-state index contributed by atoms with van der Waals surface area (Å²) in [6.45, 7) is 6.64. The standard InChI is InChI=1S/C26H28N4O3/c1-15-7-10-21(32-5)17(3)23(15)25-24-20(11-16(2)30-25)26(29-14-28-24)27-13-18-8-9-19(31-4)12-22(18)33-6/h7-12,14H,13H2,1-6H3,(H,27,28,29). The van der Waals surface area contributed by atoms with E-state index in [0.29, 0.717) is 6.54 Å². The van der Waals surface area contributed by atoms with E-state index >= 15 is 0 Å². The Morgan fingerprint density at radius 1 is 0.848 bits per heavy atom. The van der Waals surface area contributed by atoms with Crippen molar-refractivity contribution in [2.24, 2.45) is 0 Å². The summed E-state index contributed by atoms with van der Waals surface area (Å²) in [7, 11) is 4.97. The van der Waals surface area contributed by atoms with Gasteiger partial charge in [-0.1, -0.05) is 6.07 Å². The zero-order chi connectivity index (χ0) is 23.5. The van der Waals surface area contributed by atoms with Crippen LogP contribution in [0.5, 0.6) is 17.2 Å². The number of fused-ring (bicyclic) bond motifs is 1. The highest BCUT2D eigenvalue weighted by Gasteiger charge is 2.18. The number of rotatable bonds is 7. The predicted octanol–water partition coefficient (Wildman–Crippen LogP) is 5.25. The fourth-order valence-corrected chi connectivity index (χ4v) is 4.10. The summed E-state index contributed by atoms with van der Waals surface area (Å²) in [5, 5.41) is 4.36. The minimum absolute atomic E-state index is 0.535. The van der Waals surface area contributed by atoms with Crippen molar-refractivity contribution < 1.29 is 14.2 Å². The lowest BCUT2D eigenvalue weighted by atomic mass is 9.97. The molecule has 0 fully saturated rings. The number of hydrogen-bond donors (Lipinski definition) is 1. The zero-order valence-corrected chi connectivity index (χ0v) is 19.8. The first-order chi connectivity index (χ1) is 16.0. The number of hydrogen-bond acceptors (Lipinski definition) is 7. The van der Waals surface area contributed by atoms with E-state index in [1.165, 1.54) is 0 Å². The van der Waals surface area contributed by atoms with Gasteiger partial charge in [-0.3, -0.25) is 4.98 Å². The number of nitrogens with one attached hydrogen (secondary N) is 1. The van der Waals surface area contributed by atoms with Crippen LogP contribution in [0.4, 0.5) is 5.82 Å². The van der Waals surface area contributed by atoms with Crippen molar-refractivity contribution in [2.45, 2.75) is 27.3 Å². The fraction of sp³-hybridized carbons (Fsp3) is 0.269. The van der Waals surface area contributed by atoms with Gasteiger partial charge in [0.15, 0.2) is 0 Å². The molecule has 4 rings (SSSR count). The minimum Gasteiger partial charge on any atom is -0.497 e. The van der Waals surface area contributed by atoms with Gasteiger partial charge in [0.25, 0.3) is 0 Å². The second-order valence-corrected chi connectivity index (χ2v) is 7.85. The molecule has 2 heterocycles. The van der Waals surface area contributed by atoms with Crippen LogP contribution in [0.3, 0.4) is 0 Å². The fourth-order valence-electron chi connectivity index (χ4n) is 4.10. The van der Waals surface area contributed by atoms with Crippen LogP contribution < -0.4 is 19.5 Å². The van der Waals surface area contributed by atoms with Crippen LogP contribution in [0, 0.1) is 20.8 Å². The van der Waals surface area contributed by atoms with E-state index in [-0.39, 0.29) is 0 Å². The van der Waals surface area contributed by atoms with Crippen LogP contribution in [0.15, 0.2) is 42.7 Å². The van der Waals surface area contributed by atoms with Crippen molar-refractivity contribution in [2.75, 3.05) is 26.6 Å². The number of aromatic nitrogens is 3. The maximum atomic E-state index is 5.56. The van der Waals surface area contributed by atoms with Crippen molar-refractivity contribution in [1.82, 2.24) is 15.0 Å². The number of ether oxygens (including phenoxy) is 3. The Labute approximate surface area is 193 Å². The Kier molecular flexibility index (Phi) is 6.31. The molecule has 0 aliphatic heterocycles. The Morgan fingerprint density at radius 2 is 1.64 bits per heavy atom. The van der Waals surface area contributed by atoms with Crippen LogP contribution in [0.2, 0.25) is 0 Å². The number of nitrogens with zero attached hydrogens (tertiary/aromatic N) is 3. The molecule has 2 aromatic heterocycles. The molecule has 0 unspecified atom stereocenters.